The van der Waals surface area contributed by atoms with Crippen molar-refractivity contribution >= 4 is 33.5 Å². The monoisotopic (exact) mass is 320 g/mol. The first kappa shape index (κ1) is 14.5. The van der Waals surface area contributed by atoms with Gasteiger partial charge in [-0.25, -0.2) is 0 Å². The smallest absolute Gasteiger partial charge is 0.309 e. The van der Waals surface area contributed by atoms with E-state index in [0.29, 0.717) is 23.4 Å². The summed E-state index contributed by atoms with van der Waals surface area (Å²) in [5.41, 5.74) is 0.527. The van der Waals surface area contributed by atoms with Gasteiger partial charge in [0.1, 0.15) is 0 Å². The van der Waals surface area contributed by atoms with E-state index >= 15 is 0 Å². The third kappa shape index (κ3) is 3.69. The van der Waals surface area contributed by atoms with Crippen LogP contribution in [-0.4, -0.2) is 16.2 Å². The van der Waals surface area contributed by atoms with Gasteiger partial charge in [0.25, 0.3) is 0 Å². The van der Waals surface area contributed by atoms with E-state index in [1.54, 1.807) is 18.2 Å². The predicted octanol–water partition coefficient (Wildman–Crippen LogP) is 3.64. The van der Waals surface area contributed by atoms with Gasteiger partial charge in [-0.1, -0.05) is 31.0 Å². The lowest BCUT2D eigenvalue weighted by atomic mass is 9.92. The second kappa shape index (κ2) is 6.38. The summed E-state index contributed by atoms with van der Waals surface area (Å²) in [5.74, 6) is -1.78. The normalized spacial score (nSPS) is 14.4. The van der Waals surface area contributed by atoms with Crippen LogP contribution in [0.2, 0.25) is 5.02 Å². The van der Waals surface area contributed by atoms with Crippen LogP contribution in [0.1, 0.15) is 31.4 Å². The van der Waals surface area contributed by atoms with E-state index < -0.39 is 18.0 Å². The van der Waals surface area contributed by atoms with Crippen LogP contribution in [0.4, 0.5) is 0 Å². The lowest BCUT2D eigenvalue weighted by Gasteiger charge is -2.19. The highest BCUT2D eigenvalue weighted by molar-refractivity contribution is 9.10. The van der Waals surface area contributed by atoms with Crippen molar-refractivity contribution in [1.82, 2.24) is 0 Å². The van der Waals surface area contributed by atoms with Crippen molar-refractivity contribution in [3.63, 3.8) is 0 Å². The van der Waals surface area contributed by atoms with Gasteiger partial charge in [0.05, 0.1) is 17.0 Å². The van der Waals surface area contributed by atoms with Crippen molar-refractivity contribution < 1.29 is 15.0 Å². The highest BCUT2D eigenvalue weighted by atomic mass is 79.9. The Morgan fingerprint density at radius 3 is 2.65 bits per heavy atom. The van der Waals surface area contributed by atoms with Crippen molar-refractivity contribution in [2.75, 3.05) is 0 Å². The molecular weight excluding hydrogens is 307 g/mol. The van der Waals surface area contributed by atoms with E-state index in [1.807, 2.05) is 6.92 Å². The molecule has 0 aliphatic heterocycles. The average Bonchev–Trinajstić information content (AvgIpc) is 2.28. The highest BCUT2D eigenvalue weighted by Crippen LogP contribution is 2.31. The maximum atomic E-state index is 11.1. The van der Waals surface area contributed by atoms with Crippen molar-refractivity contribution in [2.24, 2.45) is 5.92 Å². The minimum absolute atomic E-state index is 0.435. The van der Waals surface area contributed by atoms with Gasteiger partial charge in [-0.05, 0) is 40.0 Å². The first-order valence-corrected chi connectivity index (χ1v) is 6.50. The Kier molecular flexibility index (Phi) is 5.43. The van der Waals surface area contributed by atoms with Crippen molar-refractivity contribution in [2.45, 2.75) is 25.9 Å². The topological polar surface area (TPSA) is 57.5 Å². The Morgan fingerprint density at radius 2 is 2.18 bits per heavy atom. The maximum absolute atomic E-state index is 11.1. The number of carboxylic acids is 1. The summed E-state index contributed by atoms with van der Waals surface area (Å²) in [6.45, 7) is 1.89. The van der Waals surface area contributed by atoms with Gasteiger partial charge in [0.2, 0.25) is 0 Å². The quantitative estimate of drug-likeness (QED) is 0.870. The molecule has 17 heavy (non-hydrogen) atoms. The zero-order valence-corrected chi connectivity index (χ0v) is 11.7. The fourth-order valence-corrected chi connectivity index (χ4v) is 2.09. The number of carbonyl (C=O) groups is 1. The molecule has 0 radical (unpaired) electrons. The third-order valence-corrected chi connectivity index (χ3v) is 3.82. The molecule has 94 valence electrons. The Hall–Kier alpha value is -0.580. The van der Waals surface area contributed by atoms with E-state index in [-0.39, 0.29) is 0 Å². The van der Waals surface area contributed by atoms with Crippen LogP contribution in [-0.2, 0) is 4.79 Å². The Balaban J connectivity index is 2.96. The molecule has 0 spiro atoms. The number of benzene rings is 1. The van der Waals surface area contributed by atoms with Gasteiger partial charge < -0.3 is 10.2 Å². The van der Waals surface area contributed by atoms with E-state index in [2.05, 4.69) is 15.9 Å². The second-order valence-corrected chi connectivity index (χ2v) is 5.11. The number of rotatable bonds is 5. The van der Waals surface area contributed by atoms with Gasteiger partial charge in [-0.15, -0.1) is 0 Å². The maximum Gasteiger partial charge on any atom is 0.309 e. The molecule has 0 amide bonds. The number of carboxylic acid groups (broad SMARTS) is 1. The molecule has 3 nitrogen and oxygen atoms in total. The fraction of sp³-hybridized carbons (Fsp3) is 0.417. The Morgan fingerprint density at radius 1 is 1.53 bits per heavy atom. The largest absolute Gasteiger partial charge is 0.481 e. The molecule has 1 rings (SSSR count). The average molecular weight is 322 g/mol. The predicted molar refractivity (Wildman–Crippen MR) is 70.1 cm³/mol. The lowest BCUT2D eigenvalue weighted by molar-refractivity contribution is -0.146. The molecule has 0 saturated carbocycles. The van der Waals surface area contributed by atoms with Gasteiger partial charge in [-0.3, -0.25) is 4.79 Å². The summed E-state index contributed by atoms with van der Waals surface area (Å²) >= 11 is 9.16. The molecule has 5 heteroatoms. The Labute approximate surface area is 114 Å². The van der Waals surface area contributed by atoms with Gasteiger partial charge in [0.15, 0.2) is 0 Å². The van der Waals surface area contributed by atoms with Crippen LogP contribution in [0.25, 0.3) is 0 Å². The van der Waals surface area contributed by atoms with Crippen molar-refractivity contribution in [3.8, 4) is 0 Å². The first-order chi connectivity index (χ1) is 7.97. The molecule has 0 fully saturated rings. The van der Waals surface area contributed by atoms with Crippen molar-refractivity contribution in [3.05, 3.63) is 33.3 Å². The number of halogens is 2. The summed E-state index contributed by atoms with van der Waals surface area (Å²) in [6, 6.07) is 4.96. The summed E-state index contributed by atoms with van der Waals surface area (Å²) in [5, 5.41) is 19.6. The molecule has 0 aromatic heterocycles. The number of aliphatic carboxylic acids is 1. The zero-order valence-electron chi connectivity index (χ0n) is 9.36. The van der Waals surface area contributed by atoms with Gasteiger partial charge in [0, 0.05) is 4.47 Å². The van der Waals surface area contributed by atoms with E-state index in [1.165, 1.54) is 0 Å². The first-order valence-electron chi connectivity index (χ1n) is 5.33. The van der Waals surface area contributed by atoms with Crippen molar-refractivity contribution in [1.29, 1.82) is 0 Å². The van der Waals surface area contributed by atoms with Crippen LogP contribution in [0.15, 0.2) is 22.7 Å². The number of aliphatic hydroxyl groups is 1. The van der Waals surface area contributed by atoms with E-state index in [4.69, 9.17) is 16.7 Å². The molecule has 0 saturated heterocycles. The summed E-state index contributed by atoms with van der Waals surface area (Å²) < 4.78 is 0.720. The SMILES string of the molecule is CCCC(C(=O)O)C(O)c1ccc(Br)c(Cl)c1. The molecular formula is C12H14BrClO3. The minimum Gasteiger partial charge on any atom is -0.481 e. The fourth-order valence-electron chi connectivity index (χ4n) is 1.66. The van der Waals surface area contributed by atoms with Crippen LogP contribution >= 0.6 is 27.5 Å². The van der Waals surface area contributed by atoms with Gasteiger partial charge in [-0.2, -0.15) is 0 Å². The molecule has 1 aromatic rings. The zero-order chi connectivity index (χ0) is 13.0. The molecule has 0 aliphatic rings. The molecule has 1 aromatic carbocycles. The van der Waals surface area contributed by atoms with E-state index in [9.17, 15) is 9.90 Å². The molecule has 0 bridgehead atoms. The molecule has 0 aliphatic carbocycles. The Bertz CT molecular complexity index is 409. The number of aliphatic hydroxyl groups excluding tert-OH is 1. The molecule has 2 N–H and O–H groups in total. The standard InChI is InChI=1S/C12H14BrClO3/c1-2-3-8(12(16)17)11(15)7-4-5-9(13)10(14)6-7/h4-6,8,11,15H,2-3H2,1H3,(H,16,17). The van der Waals surface area contributed by atoms with Crippen LogP contribution in [0.5, 0.6) is 0 Å². The number of hydrogen-bond acceptors (Lipinski definition) is 2. The summed E-state index contributed by atoms with van der Waals surface area (Å²) in [6.07, 6.45) is 0.112. The van der Waals surface area contributed by atoms with Gasteiger partial charge >= 0.3 is 5.97 Å². The van der Waals surface area contributed by atoms with E-state index in [0.717, 1.165) is 4.47 Å². The molecule has 0 heterocycles. The minimum atomic E-state index is -1.03. The second-order valence-electron chi connectivity index (χ2n) is 3.85. The highest BCUT2D eigenvalue weighted by Gasteiger charge is 2.27. The van der Waals surface area contributed by atoms with Crippen LogP contribution in [0, 0.1) is 5.92 Å². The summed E-state index contributed by atoms with van der Waals surface area (Å²) in [7, 11) is 0. The molecule has 2 atom stereocenters. The molecule has 2 unspecified atom stereocenters. The van der Waals surface area contributed by atoms with Crippen LogP contribution in [0.3, 0.4) is 0 Å². The summed E-state index contributed by atoms with van der Waals surface area (Å²) in [4.78, 5) is 11.1. The van der Waals surface area contributed by atoms with Crippen LogP contribution < -0.4 is 0 Å². The third-order valence-electron chi connectivity index (χ3n) is 2.58. The lowest BCUT2D eigenvalue weighted by Crippen LogP contribution is -2.21. The number of hydrogen-bond donors (Lipinski definition) is 2.